The number of nitrogens with two attached hydrogens (primary N) is 1. The molecule has 1 atom stereocenters. The summed E-state index contributed by atoms with van der Waals surface area (Å²) in [6.45, 7) is 5.03. The summed E-state index contributed by atoms with van der Waals surface area (Å²) < 4.78 is 5.95. The molecule has 1 aromatic rings. The molecule has 1 saturated carbocycles. The fourth-order valence-corrected chi connectivity index (χ4v) is 2.59. The molecule has 1 unspecified atom stereocenters. The van der Waals surface area contributed by atoms with Crippen molar-refractivity contribution in [2.75, 3.05) is 6.54 Å². The van der Waals surface area contributed by atoms with Crippen LogP contribution in [-0.4, -0.2) is 17.8 Å². The second-order valence-corrected chi connectivity index (χ2v) is 6.01. The average Bonchev–Trinajstić information content (AvgIpc) is 2.70. The van der Waals surface area contributed by atoms with Crippen molar-refractivity contribution in [3.63, 3.8) is 0 Å². The number of phenolic OH excluding ortho intramolecular Hbond substituents is 1. The van der Waals surface area contributed by atoms with Gasteiger partial charge in [-0.15, -0.1) is 0 Å². The van der Waals surface area contributed by atoms with E-state index in [4.69, 9.17) is 10.5 Å². The Bertz CT molecular complexity index is 466. The van der Waals surface area contributed by atoms with E-state index in [1.54, 1.807) is 6.07 Å². The molecule has 1 aliphatic rings. The molecule has 1 aliphatic carbocycles. The number of rotatable bonds is 4. The molecular formula is C16H23NO2. The second kappa shape index (κ2) is 5.66. The lowest BCUT2D eigenvalue weighted by molar-refractivity contribution is 0.186. The van der Waals surface area contributed by atoms with Crippen LogP contribution in [0.4, 0.5) is 0 Å². The predicted molar refractivity (Wildman–Crippen MR) is 78.2 cm³/mol. The average molecular weight is 261 g/mol. The molecule has 3 nitrogen and oxygen atoms in total. The maximum Gasteiger partial charge on any atom is 0.161 e. The molecule has 0 heterocycles. The van der Waals surface area contributed by atoms with Crippen LogP contribution in [0.5, 0.6) is 11.5 Å². The molecule has 19 heavy (non-hydrogen) atoms. The Morgan fingerprint density at radius 1 is 1.47 bits per heavy atom. The zero-order chi connectivity index (χ0) is 13.9. The van der Waals surface area contributed by atoms with E-state index in [0.717, 1.165) is 18.4 Å². The highest BCUT2D eigenvalue weighted by Gasteiger charge is 2.32. The molecule has 0 aliphatic heterocycles. The first-order valence-electron chi connectivity index (χ1n) is 6.86. The van der Waals surface area contributed by atoms with Crippen molar-refractivity contribution in [3.05, 3.63) is 29.8 Å². The van der Waals surface area contributed by atoms with Gasteiger partial charge < -0.3 is 15.6 Å². The van der Waals surface area contributed by atoms with Crippen molar-refractivity contribution >= 4 is 6.08 Å². The van der Waals surface area contributed by atoms with Crippen molar-refractivity contribution < 1.29 is 9.84 Å². The minimum Gasteiger partial charge on any atom is -0.504 e. The van der Waals surface area contributed by atoms with Crippen molar-refractivity contribution in [3.8, 4) is 11.5 Å². The molecule has 3 N–H and O–H groups in total. The third-order valence-corrected chi connectivity index (χ3v) is 3.65. The number of ether oxygens (including phenoxy) is 1. The first-order valence-corrected chi connectivity index (χ1v) is 6.86. The fourth-order valence-electron chi connectivity index (χ4n) is 2.59. The van der Waals surface area contributed by atoms with E-state index in [2.05, 4.69) is 13.8 Å². The summed E-state index contributed by atoms with van der Waals surface area (Å²) in [5, 5.41) is 9.88. The van der Waals surface area contributed by atoms with Gasteiger partial charge in [-0.3, -0.25) is 0 Å². The lowest BCUT2D eigenvalue weighted by atomic mass is 9.92. The molecule has 0 bridgehead atoms. The molecule has 1 aromatic carbocycles. The monoisotopic (exact) mass is 261 g/mol. The van der Waals surface area contributed by atoms with Crippen LogP contribution in [0.3, 0.4) is 0 Å². The Kier molecular flexibility index (Phi) is 4.15. The highest BCUT2D eigenvalue weighted by atomic mass is 16.5. The van der Waals surface area contributed by atoms with E-state index in [1.165, 1.54) is 6.42 Å². The standard InChI is InChI=1S/C16H23NO2/c1-16(2)8-7-13(11-16)19-15-10-12(4-3-9-17)5-6-14(15)18/h3-6,10,13,18H,7-9,11,17H2,1-2H3/b4-3+. The molecule has 104 valence electrons. The van der Waals surface area contributed by atoms with Crippen LogP contribution in [0, 0.1) is 5.41 Å². The molecule has 0 spiro atoms. The van der Waals surface area contributed by atoms with Crippen molar-refractivity contribution in [1.82, 2.24) is 0 Å². The minimum atomic E-state index is 0.203. The van der Waals surface area contributed by atoms with Crippen LogP contribution < -0.4 is 10.5 Å². The number of hydrogen-bond donors (Lipinski definition) is 2. The molecular weight excluding hydrogens is 238 g/mol. The minimum absolute atomic E-state index is 0.203. The van der Waals surface area contributed by atoms with E-state index in [1.807, 2.05) is 24.3 Å². The van der Waals surface area contributed by atoms with Crippen molar-refractivity contribution in [2.45, 2.75) is 39.2 Å². The topological polar surface area (TPSA) is 55.5 Å². The normalized spacial score (nSPS) is 21.9. The van der Waals surface area contributed by atoms with Gasteiger partial charge in [0, 0.05) is 6.54 Å². The first kappa shape index (κ1) is 13.9. The van der Waals surface area contributed by atoms with Crippen LogP contribution in [0.2, 0.25) is 0 Å². The van der Waals surface area contributed by atoms with E-state index in [-0.39, 0.29) is 11.9 Å². The largest absolute Gasteiger partial charge is 0.504 e. The van der Waals surface area contributed by atoms with Gasteiger partial charge >= 0.3 is 0 Å². The molecule has 0 amide bonds. The first-order chi connectivity index (χ1) is 9.00. The van der Waals surface area contributed by atoms with Gasteiger partial charge in [0.2, 0.25) is 0 Å². The molecule has 2 rings (SSSR count). The van der Waals surface area contributed by atoms with Crippen LogP contribution >= 0.6 is 0 Å². The third kappa shape index (κ3) is 3.74. The van der Waals surface area contributed by atoms with Crippen molar-refractivity contribution in [1.29, 1.82) is 0 Å². The summed E-state index contributed by atoms with van der Waals surface area (Å²) in [7, 11) is 0. The Morgan fingerprint density at radius 2 is 2.26 bits per heavy atom. The lowest BCUT2D eigenvalue weighted by Crippen LogP contribution is -2.14. The summed E-state index contributed by atoms with van der Waals surface area (Å²) >= 11 is 0. The Morgan fingerprint density at radius 3 is 2.89 bits per heavy atom. The summed E-state index contributed by atoms with van der Waals surface area (Å²) in [6, 6.07) is 5.39. The zero-order valence-electron chi connectivity index (χ0n) is 11.7. The van der Waals surface area contributed by atoms with Crippen LogP contribution in [0.25, 0.3) is 6.08 Å². The SMILES string of the molecule is CC1(C)CCC(Oc2cc(/C=C/CN)ccc2O)C1. The van der Waals surface area contributed by atoms with Gasteiger partial charge in [0.05, 0.1) is 6.10 Å². The molecule has 1 fully saturated rings. The zero-order valence-corrected chi connectivity index (χ0v) is 11.7. The summed E-state index contributed by atoms with van der Waals surface area (Å²) in [5.41, 5.74) is 6.78. The van der Waals surface area contributed by atoms with Crippen molar-refractivity contribution in [2.24, 2.45) is 11.1 Å². The van der Waals surface area contributed by atoms with E-state index in [9.17, 15) is 5.11 Å². The number of phenols is 1. The van der Waals surface area contributed by atoms with Crippen LogP contribution in [0.15, 0.2) is 24.3 Å². The quantitative estimate of drug-likeness (QED) is 0.874. The lowest BCUT2D eigenvalue weighted by Gasteiger charge is -2.18. The van der Waals surface area contributed by atoms with E-state index < -0.39 is 0 Å². The predicted octanol–water partition coefficient (Wildman–Crippen LogP) is 3.32. The number of hydrogen-bond acceptors (Lipinski definition) is 3. The third-order valence-electron chi connectivity index (χ3n) is 3.65. The molecule has 0 radical (unpaired) electrons. The van der Waals surface area contributed by atoms with Crippen LogP contribution in [-0.2, 0) is 0 Å². The van der Waals surface area contributed by atoms with Gasteiger partial charge in [-0.05, 0) is 42.4 Å². The summed E-state index contributed by atoms with van der Waals surface area (Å²) in [4.78, 5) is 0. The Labute approximate surface area is 115 Å². The Balaban J connectivity index is 2.09. The van der Waals surface area contributed by atoms with Gasteiger partial charge in [0.1, 0.15) is 0 Å². The highest BCUT2D eigenvalue weighted by Crippen LogP contribution is 2.40. The van der Waals surface area contributed by atoms with Gasteiger partial charge in [-0.25, -0.2) is 0 Å². The second-order valence-electron chi connectivity index (χ2n) is 6.01. The fraction of sp³-hybridized carbons (Fsp3) is 0.500. The van der Waals surface area contributed by atoms with Gasteiger partial charge in [0.15, 0.2) is 11.5 Å². The van der Waals surface area contributed by atoms with Gasteiger partial charge in [0.25, 0.3) is 0 Å². The maximum atomic E-state index is 9.88. The van der Waals surface area contributed by atoms with Gasteiger partial charge in [-0.2, -0.15) is 0 Å². The highest BCUT2D eigenvalue weighted by molar-refractivity contribution is 5.55. The number of aromatic hydroxyl groups is 1. The summed E-state index contributed by atoms with van der Waals surface area (Å²) in [6.07, 6.45) is 7.28. The molecule has 3 heteroatoms. The van der Waals surface area contributed by atoms with E-state index >= 15 is 0 Å². The smallest absolute Gasteiger partial charge is 0.161 e. The Hall–Kier alpha value is -1.48. The number of benzene rings is 1. The summed E-state index contributed by atoms with van der Waals surface area (Å²) in [5.74, 6) is 0.775. The molecule has 0 aromatic heterocycles. The van der Waals surface area contributed by atoms with Gasteiger partial charge in [-0.1, -0.05) is 32.1 Å². The van der Waals surface area contributed by atoms with E-state index in [0.29, 0.717) is 17.7 Å². The van der Waals surface area contributed by atoms with Crippen LogP contribution in [0.1, 0.15) is 38.7 Å². The molecule has 0 saturated heterocycles. The maximum absolute atomic E-state index is 9.88.